The number of anilines is 4. The zero-order valence-corrected chi connectivity index (χ0v) is 21.1. The summed E-state index contributed by atoms with van der Waals surface area (Å²) < 4.78 is 60.5. The van der Waals surface area contributed by atoms with Gasteiger partial charge in [0.25, 0.3) is 0 Å². The molecule has 0 radical (unpaired) electrons. The number of rotatable bonds is 6. The fourth-order valence-corrected chi connectivity index (χ4v) is 5.97. The predicted molar refractivity (Wildman–Crippen MR) is 147 cm³/mol. The molecule has 184 valence electrons. The highest BCUT2D eigenvalue weighted by Gasteiger charge is 2.24. The molecule has 2 N–H and O–H groups in total. The first-order chi connectivity index (χ1) is 19.4. The fourth-order valence-electron chi connectivity index (χ4n) is 5.07. The molecule has 8 heteroatoms. The highest BCUT2D eigenvalue weighted by Crippen LogP contribution is 2.38. The lowest BCUT2D eigenvalue weighted by Crippen LogP contribution is -2.32. The Morgan fingerprint density at radius 1 is 1.06 bits per heavy atom. The van der Waals surface area contributed by atoms with E-state index in [2.05, 4.69) is 37.6 Å². The molecule has 1 aromatic heterocycles. The van der Waals surface area contributed by atoms with Crippen molar-refractivity contribution in [3.8, 4) is 0 Å². The molecule has 6 nitrogen and oxygen atoms in total. The summed E-state index contributed by atoms with van der Waals surface area (Å²) in [6.45, 7) is -4.07. The van der Waals surface area contributed by atoms with Crippen molar-refractivity contribution < 1.29 is 12.8 Å². The van der Waals surface area contributed by atoms with Crippen LogP contribution in [0.2, 0.25) is 5.02 Å². The Kier molecular flexibility index (Phi) is 5.28. The maximum absolute atomic E-state index is 13.7. The molecule has 0 spiro atoms. The lowest BCUT2D eigenvalue weighted by atomic mass is 10.0. The van der Waals surface area contributed by atoms with Crippen LogP contribution in [0.15, 0.2) is 48.7 Å². The van der Waals surface area contributed by atoms with E-state index < -0.39 is 20.3 Å². The van der Waals surface area contributed by atoms with Gasteiger partial charge in [0.05, 0.1) is 11.9 Å². The van der Waals surface area contributed by atoms with E-state index in [9.17, 15) is 4.57 Å². The Morgan fingerprint density at radius 2 is 1.83 bits per heavy atom. The monoisotopic (exact) mass is 515 g/mol. The first kappa shape index (κ1) is 17.9. The Hall–Kier alpha value is -2.40. The van der Waals surface area contributed by atoms with E-state index in [4.69, 9.17) is 19.8 Å². The molecular weight excluding hydrogens is 477 g/mol. The number of halogens is 1. The van der Waals surface area contributed by atoms with Gasteiger partial charge in [0.1, 0.15) is 12.2 Å². The van der Waals surface area contributed by atoms with E-state index in [0.29, 0.717) is 6.04 Å². The molecule has 0 amide bonds. The first-order valence-electron chi connectivity index (χ1n) is 15.0. The lowest BCUT2D eigenvalue weighted by molar-refractivity contribution is 0.222. The number of nitrogens with one attached hydrogen (secondary N) is 2. The van der Waals surface area contributed by atoms with Crippen LogP contribution >= 0.6 is 18.7 Å². The quantitative estimate of drug-likeness (QED) is 0.300. The van der Waals surface area contributed by atoms with Crippen molar-refractivity contribution in [1.29, 1.82) is 0 Å². The van der Waals surface area contributed by atoms with Crippen LogP contribution in [0.4, 0.5) is 23.1 Å². The molecule has 1 atom stereocenters. The van der Waals surface area contributed by atoms with Gasteiger partial charge >= 0.3 is 0 Å². The summed E-state index contributed by atoms with van der Waals surface area (Å²) in [6, 6.07) is 12.6. The van der Waals surface area contributed by atoms with Crippen molar-refractivity contribution in [2.45, 2.75) is 44.6 Å². The highest BCUT2D eigenvalue weighted by molar-refractivity contribution is 7.70. The van der Waals surface area contributed by atoms with Crippen LogP contribution in [-0.4, -0.2) is 47.2 Å². The van der Waals surface area contributed by atoms with E-state index in [-0.39, 0.29) is 27.8 Å². The molecule has 0 saturated carbocycles. The summed E-state index contributed by atoms with van der Waals surface area (Å²) in [5.41, 5.74) is 3.53. The minimum Gasteiger partial charge on any atom is -0.338 e. The number of hydrogen-bond acceptors (Lipinski definition) is 6. The molecule has 35 heavy (non-hydrogen) atoms. The van der Waals surface area contributed by atoms with E-state index in [0.717, 1.165) is 24.9 Å². The topological polar surface area (TPSA) is 70.2 Å². The Balaban J connectivity index is 1.38. The number of nitrogens with zero attached hydrogens (tertiary/aromatic N) is 3. The van der Waals surface area contributed by atoms with Gasteiger partial charge in [-0.2, -0.15) is 4.98 Å². The normalized spacial score (nSPS) is 21.9. The second kappa shape index (κ2) is 10.3. The maximum Gasteiger partial charge on any atom is 0.229 e. The van der Waals surface area contributed by atoms with Gasteiger partial charge < -0.3 is 20.1 Å². The van der Waals surface area contributed by atoms with Crippen molar-refractivity contribution in [2.75, 3.05) is 36.9 Å². The average molecular weight is 516 g/mol. The summed E-state index contributed by atoms with van der Waals surface area (Å²) in [4.78, 5) is 11.4. The van der Waals surface area contributed by atoms with Gasteiger partial charge in [0.2, 0.25) is 5.95 Å². The van der Waals surface area contributed by atoms with Gasteiger partial charge in [0.15, 0.2) is 5.82 Å². The summed E-state index contributed by atoms with van der Waals surface area (Å²) in [5, 5.41) is 5.93. The van der Waals surface area contributed by atoms with Crippen molar-refractivity contribution in [1.82, 2.24) is 14.9 Å². The third-order valence-electron chi connectivity index (χ3n) is 6.85. The number of hydrogen-bond donors (Lipinski definition) is 2. The second-order valence-corrected chi connectivity index (χ2v) is 11.3. The van der Waals surface area contributed by atoms with E-state index in [1.165, 1.54) is 67.9 Å². The molecule has 3 aromatic rings. The highest BCUT2D eigenvalue weighted by atomic mass is 35.5. The predicted octanol–water partition coefficient (Wildman–Crippen LogP) is 6.21. The van der Waals surface area contributed by atoms with Crippen molar-refractivity contribution in [2.24, 2.45) is 0 Å². The first-order valence-corrected chi connectivity index (χ1v) is 14.1. The fraction of sp³-hybridized carbons (Fsp3) is 0.407. The zero-order valence-electron chi connectivity index (χ0n) is 25.4. The summed E-state index contributed by atoms with van der Waals surface area (Å²) in [6.07, 6.45) is 8.34. The SMILES string of the molecule is [2H]C([2H])([2H])P(=O)(c1ccccc1Nc1nc(Nc2ccc3c(c2)CC[C@@H](N2CCCC2)CC3)ncc1Cl)C([2H])([2H])[2H]. The van der Waals surface area contributed by atoms with Gasteiger partial charge in [-0.1, -0.05) is 29.8 Å². The van der Waals surface area contributed by atoms with Gasteiger partial charge in [-0.3, -0.25) is 0 Å². The smallest absolute Gasteiger partial charge is 0.229 e. The number of aromatic nitrogens is 2. The second-order valence-electron chi connectivity index (χ2n) is 9.22. The minimum absolute atomic E-state index is 0.0345. The molecular formula is C27H33ClN5OP. The minimum atomic E-state index is -4.89. The molecule has 1 aliphatic carbocycles. The number of aryl methyl sites for hydroxylation is 2. The van der Waals surface area contributed by atoms with Crippen LogP contribution in [0.1, 0.15) is 45.0 Å². The van der Waals surface area contributed by atoms with Gasteiger partial charge in [-0.25, -0.2) is 4.98 Å². The van der Waals surface area contributed by atoms with Crippen LogP contribution in [-0.2, 0) is 17.4 Å². The van der Waals surface area contributed by atoms with Gasteiger partial charge in [0, 0.05) is 25.3 Å². The number of benzene rings is 2. The third-order valence-corrected chi connectivity index (χ3v) is 8.20. The van der Waals surface area contributed by atoms with Crippen LogP contribution in [0.25, 0.3) is 0 Å². The summed E-state index contributed by atoms with van der Waals surface area (Å²) in [7, 11) is -4.89. The van der Waals surface area contributed by atoms with Crippen LogP contribution in [0.5, 0.6) is 0 Å². The molecule has 5 rings (SSSR count). The van der Waals surface area contributed by atoms with Crippen LogP contribution < -0.4 is 15.9 Å². The molecule has 2 aromatic carbocycles. The summed E-state index contributed by atoms with van der Waals surface area (Å²) >= 11 is 6.37. The largest absolute Gasteiger partial charge is 0.338 e. The molecule has 2 heterocycles. The van der Waals surface area contributed by atoms with E-state index in [1.807, 2.05) is 6.07 Å². The number of fused-ring (bicyclic) bond motifs is 1. The van der Waals surface area contributed by atoms with Gasteiger partial charge in [-0.15, -0.1) is 0 Å². The van der Waals surface area contributed by atoms with Crippen LogP contribution in [0.3, 0.4) is 0 Å². The van der Waals surface area contributed by atoms with Crippen LogP contribution in [0, 0.1) is 0 Å². The maximum atomic E-state index is 13.7. The standard InChI is InChI=1S/C27H33ClN5OP/c1-35(2,34)25-8-4-3-7-24(25)31-26-23(28)18-29-27(32-26)30-21-12-9-19-10-13-22(14-11-20(19)17-21)33-15-5-6-16-33/h3-4,7-9,12,17-18,22H,5-6,10-11,13-16H2,1-2H3,(H2,29,30,31,32)/t22-/m0/s1/i1D3,2D3. The molecule has 1 fully saturated rings. The van der Waals surface area contributed by atoms with E-state index in [1.54, 1.807) is 6.07 Å². The van der Waals surface area contributed by atoms with Crippen molar-refractivity contribution >= 4 is 47.2 Å². The molecule has 0 bridgehead atoms. The lowest BCUT2D eigenvalue weighted by Gasteiger charge is -2.25. The Bertz CT molecular complexity index is 1440. The van der Waals surface area contributed by atoms with Crippen molar-refractivity contribution in [3.63, 3.8) is 0 Å². The molecule has 0 unspecified atom stereocenters. The number of likely N-dealkylation sites (tertiary alicyclic amines) is 1. The third kappa shape index (κ3) is 5.72. The molecule has 1 aliphatic heterocycles. The molecule has 2 aliphatic rings. The van der Waals surface area contributed by atoms with Crippen molar-refractivity contribution in [3.05, 3.63) is 64.8 Å². The molecule has 1 saturated heterocycles. The Labute approximate surface area is 221 Å². The zero-order chi connectivity index (χ0) is 29.4. The van der Waals surface area contributed by atoms with Gasteiger partial charge in [-0.05, 0) is 100 Å². The Morgan fingerprint density at radius 3 is 2.63 bits per heavy atom. The average Bonchev–Trinajstić information content (AvgIpc) is 3.37. The summed E-state index contributed by atoms with van der Waals surface area (Å²) in [5.74, 6) is 0.357. The van der Waals surface area contributed by atoms with E-state index >= 15 is 0 Å². The number of para-hydroxylation sites is 1.